The van der Waals surface area contributed by atoms with Crippen molar-refractivity contribution in [2.24, 2.45) is 0 Å². The first-order valence-corrected chi connectivity index (χ1v) is 20.5. The molecule has 0 unspecified atom stereocenters. The molecule has 1 aliphatic heterocycles. The SMILES string of the molecule is C/C=C(\C=C/Cc1ccccc1)c1cc(-c2cccc3c2Oc2c(-c4cccc5cccnc45)cccc2C32c3ccccc3-c3ccccc32)nc(-c2ccccc2)n1. The van der Waals surface area contributed by atoms with E-state index in [0.717, 1.165) is 79.2 Å². The van der Waals surface area contributed by atoms with Gasteiger partial charge in [0.2, 0.25) is 0 Å². The number of para-hydroxylation sites is 3. The van der Waals surface area contributed by atoms with Gasteiger partial charge in [-0.2, -0.15) is 0 Å². The second kappa shape index (κ2) is 14.6. The smallest absolute Gasteiger partial charge is 0.160 e. The van der Waals surface area contributed by atoms with Gasteiger partial charge in [0.1, 0.15) is 11.5 Å². The number of nitrogens with zero attached hydrogens (tertiary/aromatic N) is 3. The Bertz CT molecular complexity index is 3120. The molecule has 0 fully saturated rings. The largest absolute Gasteiger partial charge is 0.455 e. The minimum absolute atomic E-state index is 0.654. The fraction of sp³-hybridized carbons (Fsp3) is 0.0536. The van der Waals surface area contributed by atoms with Crippen LogP contribution in [-0.2, 0) is 11.8 Å². The van der Waals surface area contributed by atoms with E-state index in [-0.39, 0.29) is 0 Å². The van der Waals surface area contributed by atoms with Crippen LogP contribution in [0.3, 0.4) is 0 Å². The lowest BCUT2D eigenvalue weighted by Gasteiger charge is -2.40. The lowest BCUT2D eigenvalue weighted by Crippen LogP contribution is -2.32. The second-order valence-electron chi connectivity index (χ2n) is 15.4. The molecule has 60 heavy (non-hydrogen) atoms. The number of pyridine rings is 1. The lowest BCUT2D eigenvalue weighted by molar-refractivity contribution is 0.439. The molecule has 0 atom stereocenters. The summed E-state index contributed by atoms with van der Waals surface area (Å²) < 4.78 is 7.48. The van der Waals surface area contributed by atoms with Gasteiger partial charge in [0.05, 0.1) is 22.3 Å². The molecule has 4 heteroatoms. The van der Waals surface area contributed by atoms with Crippen LogP contribution in [0, 0.1) is 0 Å². The van der Waals surface area contributed by atoms with Gasteiger partial charge in [-0.15, -0.1) is 0 Å². The number of fused-ring (bicyclic) bond motifs is 10. The van der Waals surface area contributed by atoms with Gasteiger partial charge in [0.15, 0.2) is 5.82 Å². The first kappa shape index (κ1) is 35.5. The van der Waals surface area contributed by atoms with E-state index in [4.69, 9.17) is 19.7 Å². The van der Waals surface area contributed by atoms with E-state index < -0.39 is 5.41 Å². The average Bonchev–Trinajstić information content (AvgIpc) is 3.61. The zero-order chi connectivity index (χ0) is 40.0. The number of allylic oxidation sites excluding steroid dienone is 4. The van der Waals surface area contributed by atoms with Crippen LogP contribution in [0.2, 0.25) is 0 Å². The molecule has 7 aromatic carbocycles. The lowest BCUT2D eigenvalue weighted by atomic mass is 9.65. The summed E-state index contributed by atoms with van der Waals surface area (Å²) in [4.78, 5) is 15.5. The number of hydrogen-bond donors (Lipinski definition) is 0. The standard InChI is InChI=1S/C56H39N3O/c1-2-38(23-13-20-37-18-5-3-6-19-37)50-36-51(59-55(58-50)40-21-7-4-8-22-40)45-30-16-34-49-54(45)60-53-44(43-28-14-24-39-25-17-35-57-52(39)43)29-15-33-48(53)56(49)46-31-11-9-26-41(46)42-27-10-12-32-47(42)56/h2-19,21-36H,20H2,1H3/b23-13-,38-2+. The Balaban J connectivity index is 1.17. The van der Waals surface area contributed by atoms with E-state index in [9.17, 15) is 0 Å². The van der Waals surface area contributed by atoms with Gasteiger partial charge in [-0.1, -0.05) is 182 Å². The van der Waals surface area contributed by atoms with Crippen LogP contribution < -0.4 is 4.74 Å². The highest BCUT2D eigenvalue weighted by atomic mass is 16.5. The van der Waals surface area contributed by atoms with Crippen LogP contribution in [0.25, 0.3) is 61.4 Å². The molecule has 3 heterocycles. The van der Waals surface area contributed by atoms with Gasteiger partial charge in [-0.3, -0.25) is 4.98 Å². The molecule has 4 nitrogen and oxygen atoms in total. The molecule has 11 rings (SSSR count). The monoisotopic (exact) mass is 769 g/mol. The van der Waals surface area contributed by atoms with Gasteiger partial charge in [0.25, 0.3) is 0 Å². The molecule has 0 saturated carbocycles. The summed E-state index contributed by atoms with van der Waals surface area (Å²) in [6.45, 7) is 2.07. The molecule has 2 aromatic heterocycles. The molecule has 1 spiro atoms. The third-order valence-corrected chi connectivity index (χ3v) is 12.1. The molecular weight excluding hydrogens is 731 g/mol. The van der Waals surface area contributed by atoms with Crippen LogP contribution in [0.15, 0.2) is 206 Å². The Morgan fingerprint density at radius 3 is 1.87 bits per heavy atom. The van der Waals surface area contributed by atoms with Crippen molar-refractivity contribution in [1.29, 1.82) is 0 Å². The minimum Gasteiger partial charge on any atom is -0.455 e. The zero-order valence-corrected chi connectivity index (χ0v) is 33.1. The van der Waals surface area contributed by atoms with Crippen molar-refractivity contribution in [3.05, 3.63) is 240 Å². The van der Waals surface area contributed by atoms with Gasteiger partial charge in [-0.05, 0) is 64.9 Å². The van der Waals surface area contributed by atoms with Gasteiger partial charge in [-0.25, -0.2) is 9.97 Å². The second-order valence-corrected chi connectivity index (χ2v) is 15.4. The van der Waals surface area contributed by atoms with E-state index in [1.54, 1.807) is 0 Å². The van der Waals surface area contributed by atoms with Gasteiger partial charge >= 0.3 is 0 Å². The first-order chi connectivity index (χ1) is 29.7. The van der Waals surface area contributed by atoms with Crippen molar-refractivity contribution in [3.8, 4) is 56.4 Å². The van der Waals surface area contributed by atoms with Crippen LogP contribution in [0.4, 0.5) is 0 Å². The normalized spacial score (nSPS) is 13.4. The first-order valence-electron chi connectivity index (χ1n) is 20.5. The van der Waals surface area contributed by atoms with Crippen LogP contribution in [-0.4, -0.2) is 15.0 Å². The fourth-order valence-corrected chi connectivity index (χ4v) is 9.40. The number of ether oxygens (including phenoxy) is 1. The molecule has 1 aliphatic carbocycles. The predicted molar refractivity (Wildman–Crippen MR) is 244 cm³/mol. The maximum atomic E-state index is 7.48. The fourth-order valence-electron chi connectivity index (χ4n) is 9.40. The molecule has 0 amide bonds. The summed E-state index contributed by atoms with van der Waals surface area (Å²) in [6.07, 6.45) is 9.20. The Morgan fingerprint density at radius 2 is 1.13 bits per heavy atom. The minimum atomic E-state index is -0.674. The summed E-state index contributed by atoms with van der Waals surface area (Å²) in [5, 5.41) is 1.08. The van der Waals surface area contributed by atoms with Crippen LogP contribution >= 0.6 is 0 Å². The maximum Gasteiger partial charge on any atom is 0.160 e. The van der Waals surface area contributed by atoms with E-state index in [1.165, 1.54) is 27.8 Å². The number of aromatic nitrogens is 3. The molecule has 0 N–H and O–H groups in total. The Morgan fingerprint density at radius 1 is 0.550 bits per heavy atom. The average molecular weight is 770 g/mol. The predicted octanol–water partition coefficient (Wildman–Crippen LogP) is 13.7. The molecule has 2 aliphatic rings. The summed E-state index contributed by atoms with van der Waals surface area (Å²) in [5.74, 6) is 2.25. The van der Waals surface area contributed by atoms with Crippen molar-refractivity contribution >= 4 is 16.5 Å². The van der Waals surface area contributed by atoms with Crippen molar-refractivity contribution in [2.45, 2.75) is 18.8 Å². The summed E-state index contributed by atoms with van der Waals surface area (Å²) in [6, 6.07) is 64.2. The molecule has 9 aromatic rings. The van der Waals surface area contributed by atoms with Crippen molar-refractivity contribution in [2.75, 3.05) is 0 Å². The van der Waals surface area contributed by atoms with E-state index in [2.05, 4.69) is 183 Å². The highest BCUT2D eigenvalue weighted by Crippen LogP contribution is 2.64. The Labute approximate surface area is 349 Å². The molecule has 0 bridgehead atoms. The molecular formula is C56H39N3O. The van der Waals surface area contributed by atoms with Gasteiger partial charge < -0.3 is 4.74 Å². The summed E-state index contributed by atoms with van der Waals surface area (Å²) in [7, 11) is 0. The Kier molecular flexibility index (Phi) is 8.63. The van der Waals surface area contributed by atoms with E-state index in [0.29, 0.717) is 5.82 Å². The van der Waals surface area contributed by atoms with E-state index >= 15 is 0 Å². The maximum absolute atomic E-state index is 7.48. The number of hydrogen-bond acceptors (Lipinski definition) is 4. The third kappa shape index (κ3) is 5.64. The van der Waals surface area contributed by atoms with Gasteiger partial charge in [0, 0.05) is 45.0 Å². The topological polar surface area (TPSA) is 47.9 Å². The molecule has 284 valence electrons. The van der Waals surface area contributed by atoms with Crippen molar-refractivity contribution in [3.63, 3.8) is 0 Å². The number of rotatable bonds is 7. The highest BCUT2D eigenvalue weighted by Gasteiger charge is 2.52. The van der Waals surface area contributed by atoms with Crippen LogP contribution in [0.5, 0.6) is 11.5 Å². The van der Waals surface area contributed by atoms with Crippen LogP contribution in [0.1, 0.15) is 40.4 Å². The highest BCUT2D eigenvalue weighted by molar-refractivity contribution is 5.98. The summed E-state index contributed by atoms with van der Waals surface area (Å²) in [5.41, 5.74) is 15.1. The van der Waals surface area contributed by atoms with Crippen molar-refractivity contribution in [1.82, 2.24) is 15.0 Å². The zero-order valence-electron chi connectivity index (χ0n) is 33.1. The third-order valence-electron chi connectivity index (χ3n) is 12.1. The number of benzene rings is 7. The Hall–Kier alpha value is -7.69. The summed E-state index contributed by atoms with van der Waals surface area (Å²) >= 11 is 0. The molecule has 0 radical (unpaired) electrons. The quantitative estimate of drug-likeness (QED) is 0.152. The van der Waals surface area contributed by atoms with E-state index in [1.807, 2.05) is 30.5 Å². The van der Waals surface area contributed by atoms with Crippen molar-refractivity contribution < 1.29 is 4.74 Å². The molecule has 0 saturated heterocycles.